The summed E-state index contributed by atoms with van der Waals surface area (Å²) in [6.45, 7) is 1.85. The van der Waals surface area contributed by atoms with Gasteiger partial charge in [0.05, 0.1) is 5.52 Å². The zero-order valence-corrected chi connectivity index (χ0v) is 13.3. The van der Waals surface area contributed by atoms with Gasteiger partial charge in [0.15, 0.2) is 10.9 Å². The Morgan fingerprint density at radius 1 is 1.17 bits per heavy atom. The van der Waals surface area contributed by atoms with Crippen molar-refractivity contribution in [2.75, 3.05) is 0 Å². The number of aromatic amines is 1. The number of pyridine rings is 1. The van der Waals surface area contributed by atoms with Crippen LogP contribution < -0.4 is 5.56 Å². The maximum absolute atomic E-state index is 12.7. The van der Waals surface area contributed by atoms with Crippen molar-refractivity contribution in [3.63, 3.8) is 0 Å². The summed E-state index contributed by atoms with van der Waals surface area (Å²) in [5, 5.41) is 0.860. The van der Waals surface area contributed by atoms with Crippen molar-refractivity contribution in [3.8, 4) is 0 Å². The van der Waals surface area contributed by atoms with E-state index in [-0.39, 0.29) is 5.16 Å². The first-order valence-corrected chi connectivity index (χ1v) is 7.98. The number of rotatable bonds is 3. The summed E-state index contributed by atoms with van der Waals surface area (Å²) in [5.74, 6) is 0.369. The Hall–Kier alpha value is -2.35. The summed E-state index contributed by atoms with van der Waals surface area (Å²) in [4.78, 5) is 21.7. The molecule has 1 N–H and O–H groups in total. The molecule has 0 bridgehead atoms. The maximum atomic E-state index is 12.7. The van der Waals surface area contributed by atoms with Crippen LogP contribution >= 0.6 is 11.8 Å². The fourth-order valence-corrected chi connectivity index (χ4v) is 3.18. The second-order valence-corrected chi connectivity index (χ2v) is 6.13. The lowest BCUT2D eigenvalue weighted by atomic mass is 10.1. The van der Waals surface area contributed by atoms with Crippen LogP contribution in [0, 0.1) is 6.92 Å². The van der Waals surface area contributed by atoms with Gasteiger partial charge in [-0.1, -0.05) is 30.0 Å². The third-order valence-electron chi connectivity index (χ3n) is 3.30. The predicted octanol–water partition coefficient (Wildman–Crippen LogP) is 3.94. The molecule has 1 aromatic carbocycles. The second kappa shape index (κ2) is 6.27. The van der Waals surface area contributed by atoms with Crippen LogP contribution in [0.4, 0.5) is 13.2 Å². The molecule has 0 spiro atoms. The molecule has 3 aromatic rings. The van der Waals surface area contributed by atoms with E-state index in [1.54, 1.807) is 0 Å². The number of thioether (sulfide) groups is 1. The van der Waals surface area contributed by atoms with Gasteiger partial charge in [0.1, 0.15) is 0 Å². The topological polar surface area (TPSA) is 58.6 Å². The smallest absolute Gasteiger partial charge is 0.301 e. The molecular weight excluding hydrogens is 339 g/mol. The Labute approximate surface area is 139 Å². The highest BCUT2D eigenvalue weighted by molar-refractivity contribution is 7.98. The highest BCUT2D eigenvalue weighted by Crippen LogP contribution is 2.29. The van der Waals surface area contributed by atoms with Gasteiger partial charge in [0.2, 0.25) is 0 Å². The molecule has 3 rings (SSSR count). The average Bonchev–Trinajstić information content (AvgIpc) is 2.51. The Morgan fingerprint density at radius 2 is 1.92 bits per heavy atom. The van der Waals surface area contributed by atoms with Crippen LogP contribution in [-0.4, -0.2) is 15.0 Å². The number of nitrogens with zero attached hydrogens (tertiary/aromatic N) is 2. The largest absolute Gasteiger partial charge is 0.433 e. The third kappa shape index (κ3) is 3.59. The number of benzene rings is 1. The van der Waals surface area contributed by atoms with E-state index >= 15 is 0 Å². The van der Waals surface area contributed by atoms with Gasteiger partial charge < -0.3 is 4.98 Å². The number of H-pyrrole nitrogens is 1. The van der Waals surface area contributed by atoms with E-state index in [0.29, 0.717) is 11.8 Å². The molecular formula is C16H12F3N3OS. The SMILES string of the molecule is Cc1cc(CSc2nc(C(F)(F)F)cc(=O)[nH]2)c2ccccc2n1. The third-order valence-corrected chi connectivity index (χ3v) is 4.23. The number of para-hydroxylation sites is 1. The van der Waals surface area contributed by atoms with Gasteiger partial charge in [0.25, 0.3) is 5.56 Å². The van der Waals surface area contributed by atoms with E-state index in [1.807, 2.05) is 37.3 Å². The first-order chi connectivity index (χ1) is 11.3. The summed E-state index contributed by atoms with van der Waals surface area (Å²) in [5.41, 5.74) is 0.539. The van der Waals surface area contributed by atoms with E-state index in [4.69, 9.17) is 0 Å². The molecule has 0 unspecified atom stereocenters. The minimum absolute atomic E-state index is 0.0617. The van der Waals surface area contributed by atoms with Crippen molar-refractivity contribution in [2.24, 2.45) is 0 Å². The number of alkyl halides is 3. The van der Waals surface area contributed by atoms with Crippen molar-refractivity contribution in [1.82, 2.24) is 15.0 Å². The Bertz CT molecular complexity index is 953. The minimum atomic E-state index is -4.65. The quantitative estimate of drug-likeness (QED) is 0.574. The number of fused-ring (bicyclic) bond motifs is 1. The molecule has 0 saturated heterocycles. The number of nitrogens with one attached hydrogen (secondary N) is 1. The molecule has 124 valence electrons. The van der Waals surface area contributed by atoms with E-state index in [0.717, 1.165) is 33.9 Å². The van der Waals surface area contributed by atoms with Crippen LogP contribution in [0.2, 0.25) is 0 Å². The molecule has 0 saturated carbocycles. The minimum Gasteiger partial charge on any atom is -0.301 e. The highest BCUT2D eigenvalue weighted by atomic mass is 32.2. The van der Waals surface area contributed by atoms with Gasteiger partial charge in [0, 0.05) is 22.9 Å². The molecule has 0 aliphatic heterocycles. The van der Waals surface area contributed by atoms with E-state index in [1.165, 1.54) is 0 Å². The first kappa shape index (κ1) is 16.5. The zero-order valence-electron chi connectivity index (χ0n) is 12.5. The van der Waals surface area contributed by atoms with Gasteiger partial charge in [-0.15, -0.1) is 0 Å². The normalized spacial score (nSPS) is 11.8. The van der Waals surface area contributed by atoms with Gasteiger partial charge in [-0.2, -0.15) is 13.2 Å². The molecule has 0 atom stereocenters. The molecule has 4 nitrogen and oxygen atoms in total. The maximum Gasteiger partial charge on any atom is 0.433 e. The lowest BCUT2D eigenvalue weighted by Gasteiger charge is -2.09. The van der Waals surface area contributed by atoms with Gasteiger partial charge in [-0.25, -0.2) is 4.98 Å². The number of halogens is 3. The predicted molar refractivity (Wildman–Crippen MR) is 85.9 cm³/mol. The van der Waals surface area contributed by atoms with Crippen LogP contribution in [0.15, 0.2) is 46.3 Å². The fourth-order valence-electron chi connectivity index (χ4n) is 2.31. The lowest BCUT2D eigenvalue weighted by molar-refractivity contribution is -0.141. The molecule has 0 radical (unpaired) electrons. The van der Waals surface area contributed by atoms with Crippen LogP contribution in [-0.2, 0) is 11.9 Å². The number of aryl methyl sites for hydroxylation is 1. The van der Waals surface area contributed by atoms with Gasteiger partial charge in [-0.3, -0.25) is 9.78 Å². The van der Waals surface area contributed by atoms with Crippen LogP contribution in [0.3, 0.4) is 0 Å². The Balaban J connectivity index is 1.92. The molecule has 0 fully saturated rings. The van der Waals surface area contributed by atoms with Crippen LogP contribution in [0.5, 0.6) is 0 Å². The van der Waals surface area contributed by atoms with E-state index in [9.17, 15) is 18.0 Å². The molecule has 24 heavy (non-hydrogen) atoms. The van der Waals surface area contributed by atoms with Gasteiger partial charge in [-0.05, 0) is 24.6 Å². The van der Waals surface area contributed by atoms with Gasteiger partial charge >= 0.3 is 6.18 Å². The van der Waals surface area contributed by atoms with Crippen LogP contribution in [0.25, 0.3) is 10.9 Å². The fraction of sp³-hybridized carbons (Fsp3) is 0.188. The average molecular weight is 351 g/mol. The van der Waals surface area contributed by atoms with Crippen molar-refractivity contribution in [2.45, 2.75) is 24.0 Å². The molecule has 0 aliphatic rings. The number of hydrogen-bond acceptors (Lipinski definition) is 4. The van der Waals surface area contributed by atoms with Crippen molar-refractivity contribution >= 4 is 22.7 Å². The summed E-state index contributed by atoms with van der Waals surface area (Å²) < 4.78 is 38.2. The van der Waals surface area contributed by atoms with Crippen molar-refractivity contribution in [3.05, 3.63) is 63.7 Å². The standard InChI is InChI=1S/C16H12F3N3OS/c1-9-6-10(11-4-2-3-5-12(11)20-9)8-24-15-21-13(16(17,18)19)7-14(23)22-15/h2-7H,8H2,1H3,(H,21,22,23). The number of aromatic nitrogens is 3. The molecule has 2 heterocycles. The summed E-state index contributed by atoms with van der Waals surface area (Å²) in [6.07, 6.45) is -4.65. The molecule has 8 heteroatoms. The first-order valence-electron chi connectivity index (χ1n) is 6.99. The molecule has 0 aliphatic carbocycles. The van der Waals surface area contributed by atoms with Crippen molar-refractivity contribution < 1.29 is 13.2 Å². The Morgan fingerprint density at radius 3 is 2.67 bits per heavy atom. The zero-order chi connectivity index (χ0) is 17.3. The van der Waals surface area contributed by atoms with Crippen molar-refractivity contribution in [1.29, 1.82) is 0 Å². The molecule has 0 amide bonds. The van der Waals surface area contributed by atoms with E-state index < -0.39 is 17.4 Å². The van der Waals surface area contributed by atoms with Crippen LogP contribution in [0.1, 0.15) is 17.0 Å². The summed E-state index contributed by atoms with van der Waals surface area (Å²) in [7, 11) is 0. The lowest BCUT2D eigenvalue weighted by Crippen LogP contribution is -2.16. The monoisotopic (exact) mass is 351 g/mol. The highest BCUT2D eigenvalue weighted by Gasteiger charge is 2.33. The second-order valence-electron chi connectivity index (χ2n) is 5.16. The summed E-state index contributed by atoms with van der Waals surface area (Å²) in [6, 6.07) is 9.85. The summed E-state index contributed by atoms with van der Waals surface area (Å²) >= 11 is 1.05. The molecule has 2 aromatic heterocycles. The van der Waals surface area contributed by atoms with E-state index in [2.05, 4.69) is 15.0 Å². The number of hydrogen-bond donors (Lipinski definition) is 1. The Kier molecular flexibility index (Phi) is 4.31.